The molecule has 2 aliphatic rings. The van der Waals surface area contributed by atoms with Gasteiger partial charge in [0.05, 0.1) is 17.8 Å². The fourth-order valence-corrected chi connectivity index (χ4v) is 4.15. The Labute approximate surface area is 185 Å². The Kier molecular flexibility index (Phi) is 5.74. The SMILES string of the molecule is COc1cc(N2CCCC2)ccc1/C=C1\C(=O)NC(=S)N(c2ccccc2Cl)C1=O. The number of para-hydroxylation sites is 1. The first kappa shape index (κ1) is 20.4. The zero-order valence-electron chi connectivity index (χ0n) is 16.4. The lowest BCUT2D eigenvalue weighted by atomic mass is 10.1. The fourth-order valence-electron chi connectivity index (χ4n) is 3.66. The van der Waals surface area contributed by atoms with Crippen LogP contribution in [0, 0.1) is 0 Å². The molecule has 0 radical (unpaired) electrons. The van der Waals surface area contributed by atoms with E-state index in [1.165, 1.54) is 23.8 Å². The summed E-state index contributed by atoms with van der Waals surface area (Å²) in [6.45, 7) is 2.02. The van der Waals surface area contributed by atoms with Crippen LogP contribution in [0.1, 0.15) is 18.4 Å². The summed E-state index contributed by atoms with van der Waals surface area (Å²) in [7, 11) is 1.57. The molecular weight excluding hydrogens is 422 g/mol. The van der Waals surface area contributed by atoms with Crippen molar-refractivity contribution in [2.75, 3.05) is 30.0 Å². The van der Waals surface area contributed by atoms with Crippen molar-refractivity contribution in [3.63, 3.8) is 0 Å². The number of hydrogen-bond donors (Lipinski definition) is 1. The van der Waals surface area contributed by atoms with Gasteiger partial charge in [-0.15, -0.1) is 0 Å². The third-order valence-corrected chi connectivity index (χ3v) is 5.79. The average Bonchev–Trinajstić information content (AvgIpc) is 3.27. The van der Waals surface area contributed by atoms with Gasteiger partial charge in [-0.1, -0.05) is 23.7 Å². The lowest BCUT2D eigenvalue weighted by Gasteiger charge is -2.29. The molecule has 2 amide bonds. The van der Waals surface area contributed by atoms with Crippen molar-refractivity contribution in [1.29, 1.82) is 0 Å². The van der Waals surface area contributed by atoms with Gasteiger partial charge in [0.15, 0.2) is 5.11 Å². The summed E-state index contributed by atoms with van der Waals surface area (Å²) in [6.07, 6.45) is 3.86. The first-order valence-corrected chi connectivity index (χ1v) is 10.4. The maximum Gasteiger partial charge on any atom is 0.270 e. The molecule has 30 heavy (non-hydrogen) atoms. The molecule has 2 saturated heterocycles. The number of amides is 2. The molecule has 2 fully saturated rings. The second-order valence-electron chi connectivity index (χ2n) is 7.03. The molecule has 0 aromatic heterocycles. The van der Waals surface area contributed by atoms with E-state index >= 15 is 0 Å². The number of ether oxygens (including phenoxy) is 1. The first-order valence-electron chi connectivity index (χ1n) is 9.58. The van der Waals surface area contributed by atoms with E-state index in [0.29, 0.717) is 22.0 Å². The predicted octanol–water partition coefficient (Wildman–Crippen LogP) is 3.78. The quantitative estimate of drug-likeness (QED) is 0.444. The normalized spacial score (nSPS) is 18.2. The number of benzene rings is 2. The molecule has 2 aromatic rings. The molecule has 154 valence electrons. The van der Waals surface area contributed by atoms with Crippen molar-refractivity contribution in [2.45, 2.75) is 12.8 Å². The summed E-state index contributed by atoms with van der Waals surface area (Å²) in [6, 6.07) is 12.6. The predicted molar refractivity (Wildman–Crippen MR) is 122 cm³/mol. The average molecular weight is 442 g/mol. The number of hydrogen-bond acceptors (Lipinski definition) is 5. The third kappa shape index (κ3) is 3.78. The van der Waals surface area contributed by atoms with Crippen LogP contribution in [0.4, 0.5) is 11.4 Å². The molecule has 0 atom stereocenters. The minimum absolute atomic E-state index is 0.00778. The van der Waals surface area contributed by atoms with Crippen LogP contribution in [0.5, 0.6) is 5.75 Å². The molecule has 6 nitrogen and oxygen atoms in total. The van der Waals surface area contributed by atoms with Crippen molar-refractivity contribution >= 4 is 58.2 Å². The van der Waals surface area contributed by atoms with Gasteiger partial charge in [-0.05, 0) is 55.4 Å². The van der Waals surface area contributed by atoms with Crippen LogP contribution >= 0.6 is 23.8 Å². The zero-order valence-corrected chi connectivity index (χ0v) is 17.9. The summed E-state index contributed by atoms with van der Waals surface area (Å²) in [5, 5.41) is 2.92. The van der Waals surface area contributed by atoms with Crippen molar-refractivity contribution < 1.29 is 14.3 Å². The number of nitrogens with one attached hydrogen (secondary N) is 1. The van der Waals surface area contributed by atoms with Crippen molar-refractivity contribution in [3.8, 4) is 5.75 Å². The Morgan fingerprint density at radius 1 is 1.13 bits per heavy atom. The van der Waals surface area contributed by atoms with Crippen LogP contribution in [0.15, 0.2) is 48.0 Å². The Hall–Kier alpha value is -2.90. The zero-order chi connectivity index (χ0) is 21.3. The van der Waals surface area contributed by atoms with Crippen molar-refractivity contribution in [2.24, 2.45) is 0 Å². The first-order chi connectivity index (χ1) is 14.5. The minimum Gasteiger partial charge on any atom is -0.496 e. The van der Waals surface area contributed by atoms with E-state index in [1.807, 2.05) is 18.2 Å². The molecule has 2 aliphatic heterocycles. The molecule has 0 aliphatic carbocycles. The molecule has 1 N–H and O–H groups in total. The molecule has 0 unspecified atom stereocenters. The molecule has 0 spiro atoms. The van der Waals surface area contributed by atoms with Crippen LogP contribution in [0.2, 0.25) is 5.02 Å². The van der Waals surface area contributed by atoms with Crippen LogP contribution in [0.3, 0.4) is 0 Å². The second-order valence-corrected chi connectivity index (χ2v) is 7.82. The number of rotatable bonds is 4. The third-order valence-electron chi connectivity index (χ3n) is 5.18. The van der Waals surface area contributed by atoms with E-state index in [9.17, 15) is 9.59 Å². The standard InChI is InChI=1S/C22H20ClN3O3S/c1-29-19-13-15(25-10-4-5-11-25)9-8-14(19)12-16-20(27)24-22(30)26(21(16)28)18-7-3-2-6-17(18)23/h2-3,6-9,12-13H,4-5,10-11H2,1H3,(H,24,27,30)/b16-12+. The van der Waals surface area contributed by atoms with E-state index in [4.69, 9.17) is 28.6 Å². The Morgan fingerprint density at radius 3 is 2.57 bits per heavy atom. The number of methoxy groups -OCH3 is 1. The van der Waals surface area contributed by atoms with Crippen LogP contribution < -0.4 is 19.9 Å². The number of nitrogens with zero attached hydrogens (tertiary/aromatic N) is 2. The maximum atomic E-state index is 13.2. The molecular formula is C22H20ClN3O3S. The second kappa shape index (κ2) is 8.45. The van der Waals surface area contributed by atoms with Gasteiger partial charge in [-0.2, -0.15) is 0 Å². The largest absolute Gasteiger partial charge is 0.496 e. The van der Waals surface area contributed by atoms with Gasteiger partial charge < -0.3 is 9.64 Å². The minimum atomic E-state index is -0.557. The van der Waals surface area contributed by atoms with Crippen LogP contribution in [-0.4, -0.2) is 37.1 Å². The van der Waals surface area contributed by atoms with Gasteiger partial charge in [0.1, 0.15) is 11.3 Å². The van der Waals surface area contributed by atoms with Crippen molar-refractivity contribution in [1.82, 2.24) is 5.32 Å². The number of anilines is 2. The highest BCUT2D eigenvalue weighted by atomic mass is 35.5. The summed E-state index contributed by atoms with van der Waals surface area (Å²) < 4.78 is 5.53. The van der Waals surface area contributed by atoms with Gasteiger partial charge in [-0.3, -0.25) is 19.8 Å². The van der Waals surface area contributed by atoms with Crippen LogP contribution in [0.25, 0.3) is 6.08 Å². The van der Waals surface area contributed by atoms with Gasteiger partial charge in [0.25, 0.3) is 11.8 Å². The van der Waals surface area contributed by atoms with Crippen molar-refractivity contribution in [3.05, 3.63) is 58.6 Å². The number of halogens is 1. The maximum absolute atomic E-state index is 13.2. The molecule has 2 heterocycles. The molecule has 0 bridgehead atoms. The summed E-state index contributed by atoms with van der Waals surface area (Å²) >= 11 is 11.5. The van der Waals surface area contributed by atoms with Gasteiger partial charge >= 0.3 is 0 Å². The van der Waals surface area contributed by atoms with E-state index in [2.05, 4.69) is 10.2 Å². The summed E-state index contributed by atoms with van der Waals surface area (Å²) in [4.78, 5) is 29.3. The smallest absolute Gasteiger partial charge is 0.270 e. The molecule has 2 aromatic carbocycles. The lowest BCUT2D eigenvalue weighted by molar-refractivity contribution is -0.122. The van der Waals surface area contributed by atoms with Gasteiger partial charge in [-0.25, -0.2) is 0 Å². The van der Waals surface area contributed by atoms with E-state index in [1.54, 1.807) is 31.4 Å². The highest BCUT2D eigenvalue weighted by molar-refractivity contribution is 7.80. The fraction of sp³-hybridized carbons (Fsp3) is 0.227. The topological polar surface area (TPSA) is 61.9 Å². The summed E-state index contributed by atoms with van der Waals surface area (Å²) in [5.41, 5.74) is 2.06. The highest BCUT2D eigenvalue weighted by Crippen LogP contribution is 2.32. The Morgan fingerprint density at radius 2 is 1.87 bits per heavy atom. The number of carbonyl (C=O) groups is 2. The molecule has 8 heteroatoms. The van der Waals surface area contributed by atoms with E-state index < -0.39 is 11.8 Å². The van der Waals surface area contributed by atoms with Gasteiger partial charge in [0.2, 0.25) is 0 Å². The monoisotopic (exact) mass is 441 g/mol. The van der Waals surface area contributed by atoms with Gasteiger partial charge in [0, 0.05) is 30.4 Å². The van der Waals surface area contributed by atoms with Crippen LogP contribution in [-0.2, 0) is 9.59 Å². The highest BCUT2D eigenvalue weighted by Gasteiger charge is 2.35. The van der Waals surface area contributed by atoms with E-state index in [0.717, 1.165) is 18.8 Å². The Bertz CT molecular complexity index is 1060. The Balaban J connectivity index is 1.71. The summed E-state index contributed by atoms with van der Waals surface area (Å²) in [5.74, 6) is -0.508. The number of thiocarbonyl (C=S) groups is 1. The lowest BCUT2D eigenvalue weighted by Crippen LogP contribution is -2.54. The molecule has 4 rings (SSSR count). The molecule has 0 saturated carbocycles. The van der Waals surface area contributed by atoms with E-state index in [-0.39, 0.29) is 10.7 Å². The number of carbonyl (C=O) groups excluding carboxylic acids is 2.